The van der Waals surface area contributed by atoms with E-state index in [1.807, 2.05) is 0 Å². The van der Waals surface area contributed by atoms with E-state index in [9.17, 15) is 5.11 Å². The maximum absolute atomic E-state index is 9.80. The van der Waals surface area contributed by atoms with E-state index in [0.717, 1.165) is 0 Å². The molecule has 0 saturated heterocycles. The average molecular weight is 258 g/mol. The van der Waals surface area contributed by atoms with Crippen molar-refractivity contribution in [2.45, 2.75) is 25.9 Å². The van der Waals surface area contributed by atoms with Crippen molar-refractivity contribution in [3.05, 3.63) is 10.3 Å². The van der Waals surface area contributed by atoms with Crippen LogP contribution in [0.2, 0.25) is 0 Å². The van der Waals surface area contributed by atoms with Gasteiger partial charge in [0.25, 0.3) is 0 Å². The highest BCUT2D eigenvalue weighted by molar-refractivity contribution is 9.10. The van der Waals surface area contributed by atoms with Crippen molar-refractivity contribution < 1.29 is 5.11 Å². The largest absolute Gasteiger partial charge is 0.387 e. The molecule has 0 aromatic carbocycles. The fraction of sp³-hybridized carbons (Fsp3) is 0.556. The summed E-state index contributed by atoms with van der Waals surface area (Å²) in [4.78, 5) is 0. The minimum atomic E-state index is -0.565. The fourth-order valence-electron chi connectivity index (χ4n) is 1.16. The van der Waals surface area contributed by atoms with E-state index in [0.29, 0.717) is 23.1 Å². The van der Waals surface area contributed by atoms with Crippen molar-refractivity contribution in [2.75, 3.05) is 0 Å². The Hall–Kier alpha value is -0.860. The predicted octanol–water partition coefficient (Wildman–Crippen LogP) is 1.41. The number of hydrogen-bond acceptors (Lipinski definition) is 3. The van der Waals surface area contributed by atoms with Crippen LogP contribution in [0.15, 0.2) is 4.60 Å². The van der Waals surface area contributed by atoms with Gasteiger partial charge >= 0.3 is 0 Å². The van der Waals surface area contributed by atoms with Crippen molar-refractivity contribution in [2.24, 2.45) is 7.05 Å². The zero-order valence-electron chi connectivity index (χ0n) is 8.16. The summed E-state index contributed by atoms with van der Waals surface area (Å²) in [6.07, 6.45) is 0.709. The third-order valence-corrected chi connectivity index (χ3v) is 2.43. The number of aliphatic hydroxyl groups is 1. The molecule has 0 radical (unpaired) electrons. The maximum atomic E-state index is 9.80. The highest BCUT2D eigenvalue weighted by Crippen LogP contribution is 2.23. The van der Waals surface area contributed by atoms with E-state index in [1.165, 1.54) is 0 Å². The third-order valence-electron chi connectivity index (χ3n) is 1.86. The van der Waals surface area contributed by atoms with Crippen LogP contribution in [0.4, 0.5) is 0 Å². The summed E-state index contributed by atoms with van der Waals surface area (Å²) in [5, 5.41) is 17.4. The van der Waals surface area contributed by atoms with Crippen LogP contribution in [-0.2, 0) is 7.05 Å². The molecule has 0 fully saturated rings. The Kier molecular flexibility index (Phi) is 4.11. The Labute approximate surface area is 91.4 Å². The average Bonchev–Trinajstić information content (AvgIpc) is 2.46. The molecule has 5 heteroatoms. The number of aliphatic hydroxyl groups excluding tert-OH is 1. The molecule has 1 rings (SSSR count). The molecule has 0 aliphatic heterocycles. The Morgan fingerprint density at radius 3 is 2.86 bits per heavy atom. The quantitative estimate of drug-likeness (QED) is 0.834. The Morgan fingerprint density at radius 1 is 1.64 bits per heavy atom. The van der Waals surface area contributed by atoms with Crippen molar-refractivity contribution in [3.8, 4) is 11.8 Å². The minimum Gasteiger partial charge on any atom is -0.387 e. The topological polar surface area (TPSA) is 50.9 Å². The fourth-order valence-corrected chi connectivity index (χ4v) is 1.75. The Morgan fingerprint density at radius 2 is 2.36 bits per heavy atom. The second kappa shape index (κ2) is 5.13. The molecule has 1 aromatic heterocycles. The van der Waals surface area contributed by atoms with E-state index in [-0.39, 0.29) is 0 Å². The number of hydrogen-bond donors (Lipinski definition) is 1. The van der Waals surface area contributed by atoms with Crippen LogP contribution in [-0.4, -0.2) is 20.1 Å². The van der Waals surface area contributed by atoms with Crippen molar-refractivity contribution >= 4 is 15.9 Å². The maximum Gasteiger partial charge on any atom is 0.154 e. The van der Waals surface area contributed by atoms with Gasteiger partial charge in [0.1, 0.15) is 5.69 Å². The van der Waals surface area contributed by atoms with Crippen LogP contribution < -0.4 is 0 Å². The SMILES string of the molecule is CC#CCCC(O)c1c(Br)nnn1C. The molecule has 14 heavy (non-hydrogen) atoms. The van der Waals surface area contributed by atoms with Gasteiger partial charge in [0, 0.05) is 13.5 Å². The molecule has 0 saturated carbocycles. The lowest BCUT2D eigenvalue weighted by Gasteiger charge is -2.08. The number of aryl methyl sites for hydroxylation is 1. The van der Waals surface area contributed by atoms with Gasteiger partial charge in [-0.25, -0.2) is 4.68 Å². The third kappa shape index (κ3) is 2.56. The first-order chi connectivity index (χ1) is 6.66. The number of halogens is 1. The van der Waals surface area contributed by atoms with Gasteiger partial charge in [-0.05, 0) is 29.3 Å². The molecular weight excluding hydrogens is 246 g/mol. The van der Waals surface area contributed by atoms with Crippen LogP contribution in [0.5, 0.6) is 0 Å². The summed E-state index contributed by atoms with van der Waals surface area (Å²) in [7, 11) is 1.75. The van der Waals surface area contributed by atoms with Crippen molar-refractivity contribution in [1.29, 1.82) is 0 Å². The molecule has 1 atom stereocenters. The van der Waals surface area contributed by atoms with Crippen molar-refractivity contribution in [1.82, 2.24) is 15.0 Å². The first-order valence-corrected chi connectivity index (χ1v) is 5.09. The normalized spacial score (nSPS) is 12.0. The van der Waals surface area contributed by atoms with Gasteiger partial charge < -0.3 is 5.11 Å². The summed E-state index contributed by atoms with van der Waals surface area (Å²) < 4.78 is 2.16. The molecule has 0 amide bonds. The van der Waals surface area contributed by atoms with Crippen LogP contribution in [0, 0.1) is 11.8 Å². The molecule has 0 aliphatic carbocycles. The molecule has 1 heterocycles. The summed E-state index contributed by atoms with van der Waals surface area (Å²) in [5.74, 6) is 5.69. The molecule has 1 N–H and O–H groups in total. The summed E-state index contributed by atoms with van der Waals surface area (Å²) in [5.41, 5.74) is 0.697. The van der Waals surface area contributed by atoms with Crippen LogP contribution in [0.3, 0.4) is 0 Å². The zero-order valence-corrected chi connectivity index (χ0v) is 9.74. The van der Waals surface area contributed by atoms with Crippen LogP contribution in [0.1, 0.15) is 31.6 Å². The first-order valence-electron chi connectivity index (χ1n) is 4.29. The summed E-state index contributed by atoms with van der Waals surface area (Å²) >= 11 is 3.24. The molecule has 4 nitrogen and oxygen atoms in total. The van der Waals surface area contributed by atoms with E-state index >= 15 is 0 Å². The Balaban J connectivity index is 2.67. The molecule has 0 spiro atoms. The first kappa shape index (κ1) is 11.2. The molecule has 76 valence electrons. The lowest BCUT2D eigenvalue weighted by atomic mass is 10.1. The number of aromatic nitrogens is 3. The second-order valence-electron chi connectivity index (χ2n) is 2.87. The predicted molar refractivity (Wildman–Crippen MR) is 56.3 cm³/mol. The summed E-state index contributed by atoms with van der Waals surface area (Å²) in [6.45, 7) is 1.79. The smallest absolute Gasteiger partial charge is 0.154 e. The van der Waals surface area contributed by atoms with E-state index < -0.39 is 6.10 Å². The van der Waals surface area contributed by atoms with E-state index in [4.69, 9.17) is 0 Å². The molecule has 1 aromatic rings. The highest BCUT2D eigenvalue weighted by atomic mass is 79.9. The van der Waals surface area contributed by atoms with Gasteiger partial charge in [-0.1, -0.05) is 5.21 Å². The standard InChI is InChI=1S/C9H12BrN3O/c1-3-4-5-6-7(14)8-9(10)11-12-13(8)2/h7,14H,5-6H2,1-2H3. The second-order valence-corrected chi connectivity index (χ2v) is 3.62. The summed E-state index contributed by atoms with van der Waals surface area (Å²) in [6, 6.07) is 0. The molecule has 0 bridgehead atoms. The van der Waals surface area contributed by atoms with Gasteiger partial charge in [-0.15, -0.1) is 16.9 Å². The van der Waals surface area contributed by atoms with E-state index in [1.54, 1.807) is 18.7 Å². The zero-order chi connectivity index (χ0) is 10.6. The van der Waals surface area contributed by atoms with Crippen LogP contribution >= 0.6 is 15.9 Å². The molecule has 0 aliphatic rings. The highest BCUT2D eigenvalue weighted by Gasteiger charge is 2.16. The van der Waals surface area contributed by atoms with Gasteiger partial charge in [0.05, 0.1) is 6.10 Å². The Bertz CT molecular complexity index is 344. The van der Waals surface area contributed by atoms with Gasteiger partial charge in [-0.2, -0.15) is 0 Å². The van der Waals surface area contributed by atoms with E-state index in [2.05, 4.69) is 38.1 Å². The van der Waals surface area contributed by atoms with Crippen molar-refractivity contribution in [3.63, 3.8) is 0 Å². The molecule has 1 unspecified atom stereocenters. The van der Waals surface area contributed by atoms with Crippen LogP contribution in [0.25, 0.3) is 0 Å². The molecular formula is C9H12BrN3O. The van der Waals surface area contributed by atoms with Gasteiger partial charge in [0.2, 0.25) is 0 Å². The lowest BCUT2D eigenvalue weighted by Crippen LogP contribution is -2.05. The number of nitrogens with zero attached hydrogens (tertiary/aromatic N) is 3. The monoisotopic (exact) mass is 257 g/mol. The lowest BCUT2D eigenvalue weighted by molar-refractivity contribution is 0.159. The van der Waals surface area contributed by atoms with Gasteiger partial charge in [-0.3, -0.25) is 0 Å². The minimum absolute atomic E-state index is 0.565. The number of rotatable bonds is 3. The van der Waals surface area contributed by atoms with Gasteiger partial charge in [0.15, 0.2) is 4.60 Å².